The molecule has 1 aliphatic carbocycles. The van der Waals surface area contributed by atoms with Crippen molar-refractivity contribution in [2.75, 3.05) is 12.8 Å². The number of carbonyl (C=O) groups excluding carboxylic acids is 1. The molecule has 2 N–H and O–H groups in total. The molecule has 110 valence electrons. The van der Waals surface area contributed by atoms with Gasteiger partial charge in [-0.05, 0) is 43.7 Å². The molecule has 1 aromatic rings. The van der Waals surface area contributed by atoms with E-state index in [4.69, 9.17) is 17.3 Å². The van der Waals surface area contributed by atoms with Gasteiger partial charge in [0.2, 0.25) is 0 Å². The molecule has 4 heteroatoms. The second kappa shape index (κ2) is 6.49. The van der Waals surface area contributed by atoms with Gasteiger partial charge < -0.3 is 10.6 Å². The Hall–Kier alpha value is -1.22. The first-order chi connectivity index (χ1) is 9.54. The van der Waals surface area contributed by atoms with Crippen LogP contribution in [0.2, 0.25) is 5.02 Å². The van der Waals surface area contributed by atoms with Crippen LogP contribution in [-0.2, 0) is 0 Å². The lowest BCUT2D eigenvalue weighted by Crippen LogP contribution is -2.39. The summed E-state index contributed by atoms with van der Waals surface area (Å²) in [5, 5.41) is 0.434. The zero-order valence-electron chi connectivity index (χ0n) is 12.2. The summed E-state index contributed by atoms with van der Waals surface area (Å²) in [5.41, 5.74) is 6.80. The smallest absolute Gasteiger partial charge is 0.257 e. The molecular weight excluding hydrogens is 272 g/mol. The lowest BCUT2D eigenvalue weighted by atomic mass is 9.84. The first-order valence-corrected chi connectivity index (χ1v) is 7.73. The number of amides is 1. The van der Waals surface area contributed by atoms with Crippen molar-refractivity contribution in [2.45, 2.75) is 45.1 Å². The Morgan fingerprint density at radius 1 is 1.35 bits per heavy atom. The quantitative estimate of drug-likeness (QED) is 0.858. The molecule has 0 aromatic heterocycles. The van der Waals surface area contributed by atoms with Gasteiger partial charge in [0.15, 0.2) is 0 Å². The Balaban J connectivity index is 2.10. The standard InChI is InChI=1S/C16H23ClN2O/c1-3-11-7-9-12(10-8-11)19(2)16(20)15-13(17)5-4-6-14(15)18/h4-6,11-12H,3,7-10,18H2,1-2H3. The van der Waals surface area contributed by atoms with Gasteiger partial charge in [-0.2, -0.15) is 0 Å². The predicted octanol–water partition coefficient (Wildman–Crippen LogP) is 3.96. The Bertz CT molecular complexity index is 461. The summed E-state index contributed by atoms with van der Waals surface area (Å²) < 4.78 is 0. The van der Waals surface area contributed by atoms with E-state index in [9.17, 15) is 4.79 Å². The van der Waals surface area contributed by atoms with Crippen molar-refractivity contribution in [2.24, 2.45) is 5.92 Å². The predicted molar refractivity (Wildman–Crippen MR) is 84.0 cm³/mol. The van der Waals surface area contributed by atoms with Crippen molar-refractivity contribution in [1.29, 1.82) is 0 Å². The first-order valence-electron chi connectivity index (χ1n) is 7.35. The van der Waals surface area contributed by atoms with Gasteiger partial charge in [0.25, 0.3) is 5.91 Å². The van der Waals surface area contributed by atoms with E-state index in [0.29, 0.717) is 22.3 Å². The van der Waals surface area contributed by atoms with Gasteiger partial charge in [-0.1, -0.05) is 31.0 Å². The number of nitrogens with two attached hydrogens (primary N) is 1. The molecule has 0 unspecified atom stereocenters. The number of halogens is 1. The van der Waals surface area contributed by atoms with Crippen LogP contribution in [0.1, 0.15) is 49.4 Å². The van der Waals surface area contributed by atoms with E-state index in [2.05, 4.69) is 6.92 Å². The topological polar surface area (TPSA) is 46.3 Å². The Morgan fingerprint density at radius 2 is 2.00 bits per heavy atom. The second-order valence-corrected chi connectivity index (χ2v) is 6.11. The Morgan fingerprint density at radius 3 is 2.55 bits per heavy atom. The lowest BCUT2D eigenvalue weighted by molar-refractivity contribution is 0.0676. The molecule has 1 aromatic carbocycles. The summed E-state index contributed by atoms with van der Waals surface area (Å²) in [6, 6.07) is 5.51. The van der Waals surface area contributed by atoms with Crippen molar-refractivity contribution in [1.82, 2.24) is 4.90 Å². The van der Waals surface area contributed by atoms with Crippen LogP contribution in [0.5, 0.6) is 0 Å². The second-order valence-electron chi connectivity index (χ2n) is 5.70. The molecule has 1 saturated carbocycles. The van der Waals surface area contributed by atoms with Gasteiger partial charge in [0.05, 0.1) is 10.6 Å². The van der Waals surface area contributed by atoms with Gasteiger partial charge in [-0.3, -0.25) is 4.79 Å². The average Bonchev–Trinajstić information content (AvgIpc) is 2.46. The van der Waals surface area contributed by atoms with E-state index in [0.717, 1.165) is 18.8 Å². The van der Waals surface area contributed by atoms with Crippen LogP contribution in [0.4, 0.5) is 5.69 Å². The fourth-order valence-corrected chi connectivity index (χ4v) is 3.31. The van der Waals surface area contributed by atoms with Gasteiger partial charge in [0, 0.05) is 18.8 Å². The number of rotatable bonds is 3. The van der Waals surface area contributed by atoms with Crippen LogP contribution in [0.25, 0.3) is 0 Å². The third-order valence-electron chi connectivity index (χ3n) is 4.52. The average molecular weight is 295 g/mol. The van der Waals surface area contributed by atoms with E-state index < -0.39 is 0 Å². The van der Waals surface area contributed by atoms with E-state index in [1.165, 1.54) is 19.3 Å². The van der Waals surface area contributed by atoms with Crippen LogP contribution in [0.3, 0.4) is 0 Å². The summed E-state index contributed by atoms with van der Waals surface area (Å²) in [4.78, 5) is 14.4. The summed E-state index contributed by atoms with van der Waals surface area (Å²) in [6.45, 7) is 2.24. The molecule has 0 saturated heterocycles. The van der Waals surface area contributed by atoms with E-state index in [1.54, 1.807) is 18.2 Å². The van der Waals surface area contributed by atoms with Crippen LogP contribution in [0, 0.1) is 5.92 Å². The molecule has 1 aliphatic rings. The fourth-order valence-electron chi connectivity index (χ4n) is 3.05. The maximum absolute atomic E-state index is 12.6. The SMILES string of the molecule is CCC1CCC(N(C)C(=O)c2c(N)cccc2Cl)CC1. The highest BCUT2D eigenvalue weighted by molar-refractivity contribution is 6.34. The number of anilines is 1. The van der Waals surface area contributed by atoms with Crippen molar-refractivity contribution in [3.8, 4) is 0 Å². The molecule has 0 radical (unpaired) electrons. The minimum Gasteiger partial charge on any atom is -0.398 e. The van der Waals surface area contributed by atoms with E-state index in [-0.39, 0.29) is 5.91 Å². The van der Waals surface area contributed by atoms with Crippen molar-refractivity contribution >= 4 is 23.2 Å². The van der Waals surface area contributed by atoms with Crippen molar-refractivity contribution in [3.05, 3.63) is 28.8 Å². The maximum Gasteiger partial charge on any atom is 0.257 e. The van der Waals surface area contributed by atoms with Gasteiger partial charge in [0.1, 0.15) is 0 Å². The molecule has 0 spiro atoms. The number of nitrogen functional groups attached to an aromatic ring is 1. The summed E-state index contributed by atoms with van der Waals surface area (Å²) in [6.07, 6.45) is 5.80. The molecule has 0 aliphatic heterocycles. The zero-order chi connectivity index (χ0) is 14.7. The molecule has 20 heavy (non-hydrogen) atoms. The van der Waals surface area contributed by atoms with Crippen molar-refractivity contribution < 1.29 is 4.79 Å². The van der Waals surface area contributed by atoms with Crippen molar-refractivity contribution in [3.63, 3.8) is 0 Å². The number of benzene rings is 1. The fraction of sp³-hybridized carbons (Fsp3) is 0.562. The largest absolute Gasteiger partial charge is 0.398 e. The number of carbonyl (C=O) groups is 1. The minimum absolute atomic E-state index is 0.0620. The maximum atomic E-state index is 12.6. The molecule has 1 amide bonds. The third-order valence-corrected chi connectivity index (χ3v) is 4.84. The number of hydrogen-bond donors (Lipinski definition) is 1. The Kier molecular flexibility index (Phi) is 4.92. The molecular formula is C16H23ClN2O. The van der Waals surface area contributed by atoms with Crippen LogP contribution in [0.15, 0.2) is 18.2 Å². The normalized spacial score (nSPS) is 22.6. The lowest BCUT2D eigenvalue weighted by Gasteiger charge is -2.34. The van der Waals surface area contributed by atoms with Crippen LogP contribution < -0.4 is 5.73 Å². The minimum atomic E-state index is -0.0620. The van der Waals surface area contributed by atoms with Gasteiger partial charge in [-0.25, -0.2) is 0 Å². The molecule has 0 atom stereocenters. The molecule has 0 heterocycles. The summed E-state index contributed by atoms with van der Waals surface area (Å²) in [7, 11) is 1.86. The monoisotopic (exact) mass is 294 g/mol. The molecule has 2 rings (SSSR count). The van der Waals surface area contributed by atoms with E-state index in [1.807, 2.05) is 11.9 Å². The highest BCUT2D eigenvalue weighted by Gasteiger charge is 2.28. The van der Waals surface area contributed by atoms with E-state index >= 15 is 0 Å². The van der Waals surface area contributed by atoms with Gasteiger partial charge >= 0.3 is 0 Å². The molecule has 3 nitrogen and oxygen atoms in total. The third kappa shape index (κ3) is 3.09. The summed E-state index contributed by atoms with van der Waals surface area (Å²) in [5.74, 6) is 0.758. The summed E-state index contributed by atoms with van der Waals surface area (Å²) >= 11 is 6.13. The highest BCUT2D eigenvalue weighted by atomic mass is 35.5. The Labute approximate surface area is 126 Å². The molecule has 1 fully saturated rings. The van der Waals surface area contributed by atoms with Crippen LogP contribution >= 0.6 is 11.6 Å². The van der Waals surface area contributed by atoms with Gasteiger partial charge in [-0.15, -0.1) is 0 Å². The molecule has 0 bridgehead atoms. The first kappa shape index (κ1) is 15.2. The highest BCUT2D eigenvalue weighted by Crippen LogP contribution is 2.31. The number of hydrogen-bond acceptors (Lipinski definition) is 2. The van der Waals surface area contributed by atoms with Crippen LogP contribution in [-0.4, -0.2) is 23.9 Å². The number of nitrogens with zero attached hydrogens (tertiary/aromatic N) is 1. The zero-order valence-corrected chi connectivity index (χ0v) is 13.0.